The molecular weight excluding hydrogens is 322 g/mol. The van der Waals surface area contributed by atoms with E-state index in [1.807, 2.05) is 0 Å². The number of ether oxygens (including phenoxy) is 1. The number of carbonyl (C=O) groups excluding carboxylic acids is 1. The molecule has 134 valence electrons. The number of hydrogen-bond donors (Lipinski definition) is 6. The second-order valence-electron chi connectivity index (χ2n) is 5.39. The van der Waals surface area contributed by atoms with Crippen molar-refractivity contribution in [2.45, 2.75) is 31.0 Å². The van der Waals surface area contributed by atoms with E-state index in [0.29, 0.717) is 0 Å². The second kappa shape index (κ2) is 7.68. The molecule has 4 atom stereocenters. The van der Waals surface area contributed by atoms with Crippen molar-refractivity contribution in [3.63, 3.8) is 0 Å². The summed E-state index contributed by atoms with van der Waals surface area (Å²) in [5, 5.41) is 31.4. The van der Waals surface area contributed by atoms with Gasteiger partial charge in [0.25, 0.3) is 5.56 Å². The summed E-state index contributed by atoms with van der Waals surface area (Å²) in [5.74, 6) is -0.567. The summed E-state index contributed by atoms with van der Waals surface area (Å²) >= 11 is 0. The molecule has 11 heteroatoms. The number of nitrogens with zero attached hydrogens (tertiary/aromatic N) is 2. The minimum absolute atomic E-state index is 0.0710. The van der Waals surface area contributed by atoms with Gasteiger partial charge in [-0.1, -0.05) is 0 Å². The maximum Gasteiger partial charge on any atom is 0.280 e. The van der Waals surface area contributed by atoms with Gasteiger partial charge in [0, 0.05) is 19.3 Å². The zero-order chi connectivity index (χ0) is 17.9. The van der Waals surface area contributed by atoms with Crippen molar-refractivity contribution in [3.8, 4) is 0 Å². The monoisotopic (exact) mass is 343 g/mol. The van der Waals surface area contributed by atoms with Gasteiger partial charge in [0.15, 0.2) is 0 Å². The third-order valence-corrected chi connectivity index (χ3v) is 3.68. The molecule has 1 aromatic heterocycles. The third kappa shape index (κ3) is 3.71. The van der Waals surface area contributed by atoms with E-state index in [1.54, 1.807) is 0 Å². The minimum Gasteiger partial charge on any atom is -0.394 e. The van der Waals surface area contributed by atoms with E-state index in [0.717, 1.165) is 0 Å². The van der Waals surface area contributed by atoms with Crippen molar-refractivity contribution in [2.24, 2.45) is 5.73 Å². The molecule has 4 unspecified atom stereocenters. The maximum absolute atomic E-state index is 12.0. The predicted octanol–water partition coefficient (Wildman–Crippen LogP) is -3.95. The van der Waals surface area contributed by atoms with Crippen LogP contribution >= 0.6 is 0 Å². The van der Waals surface area contributed by atoms with Gasteiger partial charge in [-0.25, -0.2) is 0 Å². The van der Waals surface area contributed by atoms with Crippen LogP contribution in [0.25, 0.3) is 0 Å². The lowest BCUT2D eigenvalue weighted by Gasteiger charge is -2.17. The van der Waals surface area contributed by atoms with Gasteiger partial charge in [-0.05, 0) is 0 Å². The first-order valence-corrected chi connectivity index (χ1v) is 7.35. The molecule has 0 aliphatic carbocycles. The van der Waals surface area contributed by atoms with Crippen molar-refractivity contribution < 1.29 is 24.9 Å². The SMILES string of the molecule is NCCNC(=O)Cn1cc(C2OC(CO)C(O)C2O)c(=O)nc1N. The van der Waals surface area contributed by atoms with Crippen LogP contribution in [0.3, 0.4) is 0 Å². The van der Waals surface area contributed by atoms with E-state index < -0.39 is 36.6 Å². The summed E-state index contributed by atoms with van der Waals surface area (Å²) < 4.78 is 6.53. The predicted molar refractivity (Wildman–Crippen MR) is 81.7 cm³/mol. The van der Waals surface area contributed by atoms with Crippen LogP contribution < -0.4 is 22.3 Å². The van der Waals surface area contributed by atoms with E-state index in [9.17, 15) is 19.8 Å². The molecule has 1 amide bonds. The van der Waals surface area contributed by atoms with E-state index in [4.69, 9.17) is 21.3 Å². The van der Waals surface area contributed by atoms with Crippen molar-refractivity contribution in [3.05, 3.63) is 22.1 Å². The Hall–Kier alpha value is -2.05. The molecule has 8 N–H and O–H groups in total. The third-order valence-electron chi connectivity index (χ3n) is 3.68. The highest BCUT2D eigenvalue weighted by atomic mass is 16.6. The molecular formula is C13H21N5O6. The van der Waals surface area contributed by atoms with Crippen molar-refractivity contribution >= 4 is 11.9 Å². The Labute approximate surface area is 136 Å². The largest absolute Gasteiger partial charge is 0.394 e. The van der Waals surface area contributed by atoms with Crippen LogP contribution in [0.4, 0.5) is 5.95 Å². The number of nitrogens with one attached hydrogen (secondary N) is 1. The highest BCUT2D eigenvalue weighted by Gasteiger charge is 2.44. The summed E-state index contributed by atoms with van der Waals surface area (Å²) in [6, 6.07) is 0. The first-order chi connectivity index (χ1) is 11.4. The lowest BCUT2D eigenvalue weighted by atomic mass is 10.0. The molecule has 0 spiro atoms. The molecule has 0 saturated carbocycles. The van der Waals surface area contributed by atoms with E-state index in [1.165, 1.54) is 10.8 Å². The zero-order valence-corrected chi connectivity index (χ0v) is 12.8. The van der Waals surface area contributed by atoms with Gasteiger partial charge in [-0.3, -0.25) is 9.59 Å². The fourth-order valence-corrected chi connectivity index (χ4v) is 2.42. The summed E-state index contributed by atoms with van der Waals surface area (Å²) in [6.45, 7) is -0.167. The van der Waals surface area contributed by atoms with Crippen LogP contribution in [0.5, 0.6) is 0 Å². The van der Waals surface area contributed by atoms with Gasteiger partial charge in [0.05, 0.1) is 12.2 Å². The quantitative estimate of drug-likeness (QED) is 0.300. The molecule has 1 fully saturated rings. The fourth-order valence-electron chi connectivity index (χ4n) is 2.42. The lowest BCUT2D eigenvalue weighted by Crippen LogP contribution is -2.35. The molecule has 0 bridgehead atoms. The van der Waals surface area contributed by atoms with Crippen LogP contribution in [0.15, 0.2) is 11.0 Å². The average Bonchev–Trinajstić information content (AvgIpc) is 2.83. The zero-order valence-electron chi connectivity index (χ0n) is 12.8. The summed E-state index contributed by atoms with van der Waals surface area (Å²) in [4.78, 5) is 27.4. The van der Waals surface area contributed by atoms with Gasteiger partial charge >= 0.3 is 0 Å². The number of rotatable bonds is 6. The summed E-state index contributed by atoms with van der Waals surface area (Å²) in [6.07, 6.45) is -3.73. The van der Waals surface area contributed by atoms with Crippen LogP contribution in [0, 0.1) is 0 Å². The normalized spacial score (nSPS) is 26.5. The number of hydrogen-bond acceptors (Lipinski definition) is 9. The van der Waals surface area contributed by atoms with E-state index in [2.05, 4.69) is 10.3 Å². The standard InChI is InChI=1S/C13H21N5O6/c14-1-2-16-8(20)4-18-3-6(12(23)17-13(18)15)11-10(22)9(21)7(5-19)24-11/h3,7,9-11,19,21-22H,1-2,4-5,14H2,(H,16,20)(H2,15,17,23). The molecule has 1 saturated heterocycles. The second-order valence-corrected chi connectivity index (χ2v) is 5.39. The number of nitrogens with two attached hydrogens (primary N) is 2. The van der Waals surface area contributed by atoms with Gasteiger partial charge in [-0.15, -0.1) is 0 Å². The number of nitrogen functional groups attached to an aromatic ring is 1. The molecule has 0 aromatic carbocycles. The van der Waals surface area contributed by atoms with Gasteiger partial charge in [-0.2, -0.15) is 4.98 Å². The van der Waals surface area contributed by atoms with Crippen LogP contribution in [0.2, 0.25) is 0 Å². The van der Waals surface area contributed by atoms with E-state index in [-0.39, 0.29) is 37.1 Å². The molecule has 2 rings (SSSR count). The highest BCUT2D eigenvalue weighted by molar-refractivity contribution is 5.76. The maximum atomic E-state index is 12.0. The smallest absolute Gasteiger partial charge is 0.280 e. The Balaban J connectivity index is 2.27. The minimum atomic E-state index is -1.42. The fraction of sp³-hybridized carbons (Fsp3) is 0.615. The molecule has 0 radical (unpaired) electrons. The van der Waals surface area contributed by atoms with Crippen LogP contribution in [0.1, 0.15) is 11.7 Å². The van der Waals surface area contributed by atoms with Gasteiger partial charge in [0.2, 0.25) is 11.9 Å². The number of aliphatic hydroxyl groups is 3. The van der Waals surface area contributed by atoms with Gasteiger partial charge < -0.3 is 41.4 Å². The molecule has 24 heavy (non-hydrogen) atoms. The molecule has 2 heterocycles. The highest BCUT2D eigenvalue weighted by Crippen LogP contribution is 2.31. The number of aliphatic hydroxyl groups excluding tert-OH is 3. The number of aromatic nitrogens is 2. The van der Waals surface area contributed by atoms with Crippen molar-refractivity contribution in [2.75, 3.05) is 25.4 Å². The number of anilines is 1. The van der Waals surface area contributed by atoms with Gasteiger partial charge in [0.1, 0.15) is 31.0 Å². The van der Waals surface area contributed by atoms with Crippen molar-refractivity contribution in [1.29, 1.82) is 0 Å². The Morgan fingerprint density at radius 2 is 2.12 bits per heavy atom. The molecule has 1 aromatic rings. The van der Waals surface area contributed by atoms with E-state index >= 15 is 0 Å². The molecule has 11 nitrogen and oxygen atoms in total. The van der Waals surface area contributed by atoms with Crippen LogP contribution in [-0.2, 0) is 16.1 Å². The number of amides is 1. The first kappa shape index (κ1) is 18.3. The summed E-state index contributed by atoms with van der Waals surface area (Å²) in [5.41, 5.74) is 10.1. The topological polar surface area (TPSA) is 186 Å². The molecule has 1 aliphatic rings. The molecule has 1 aliphatic heterocycles. The summed E-state index contributed by atoms with van der Waals surface area (Å²) in [7, 11) is 0. The average molecular weight is 343 g/mol. The van der Waals surface area contributed by atoms with Crippen LogP contribution in [-0.4, -0.2) is 68.8 Å². The Morgan fingerprint density at radius 3 is 2.71 bits per heavy atom. The lowest BCUT2D eigenvalue weighted by molar-refractivity contribution is -0.121. The Morgan fingerprint density at radius 1 is 1.42 bits per heavy atom. The first-order valence-electron chi connectivity index (χ1n) is 7.35. The Kier molecular flexibility index (Phi) is 5.85. The number of carbonyl (C=O) groups is 1. The Bertz CT molecular complexity index is 650. The van der Waals surface area contributed by atoms with Crippen molar-refractivity contribution in [1.82, 2.24) is 14.9 Å².